The molecule has 92 valence electrons. The van der Waals surface area contributed by atoms with E-state index in [2.05, 4.69) is 34.8 Å². The molecule has 2 nitrogen and oxygen atoms in total. The van der Waals surface area contributed by atoms with Crippen molar-refractivity contribution in [2.45, 2.75) is 38.6 Å². The Balaban J connectivity index is 1.96. The molecule has 3 heteroatoms. The van der Waals surface area contributed by atoms with E-state index in [4.69, 9.17) is 0 Å². The van der Waals surface area contributed by atoms with E-state index >= 15 is 0 Å². The molecule has 0 saturated heterocycles. The fourth-order valence-electron chi connectivity index (χ4n) is 2.50. The minimum Gasteiger partial charge on any atom is -0.349 e. The van der Waals surface area contributed by atoms with Crippen molar-refractivity contribution in [3.63, 3.8) is 0 Å². The van der Waals surface area contributed by atoms with Crippen LogP contribution in [0.25, 0.3) is 0 Å². The van der Waals surface area contributed by atoms with E-state index < -0.39 is 0 Å². The summed E-state index contributed by atoms with van der Waals surface area (Å²) in [6.45, 7) is 2.13. The van der Waals surface area contributed by atoms with E-state index in [9.17, 15) is 4.79 Å². The molecule has 0 heterocycles. The zero-order valence-corrected chi connectivity index (χ0v) is 12.2. The number of hydrogen-bond donors (Lipinski definition) is 1. The summed E-state index contributed by atoms with van der Waals surface area (Å²) in [5, 5.41) is 3.12. The van der Waals surface area contributed by atoms with Crippen molar-refractivity contribution in [2.24, 2.45) is 5.92 Å². The third kappa shape index (κ3) is 3.44. The lowest BCUT2D eigenvalue weighted by Gasteiger charge is -2.20. The third-order valence-corrected chi connectivity index (χ3v) is 4.22. The summed E-state index contributed by atoms with van der Waals surface area (Å²) in [5.41, 5.74) is 0.766. The van der Waals surface area contributed by atoms with E-state index in [1.807, 2.05) is 24.3 Å². The molecule has 0 aliphatic heterocycles. The molecule has 0 spiro atoms. The van der Waals surface area contributed by atoms with Crippen LogP contribution < -0.4 is 5.32 Å². The fraction of sp³-hybridized carbons (Fsp3) is 0.500. The highest BCUT2D eigenvalue weighted by Gasteiger charge is 2.22. The Labute approximate surface area is 116 Å². The maximum absolute atomic E-state index is 12.0. The molecule has 0 bridgehead atoms. The van der Waals surface area contributed by atoms with E-state index in [1.54, 1.807) is 0 Å². The van der Waals surface area contributed by atoms with Crippen molar-refractivity contribution < 1.29 is 4.79 Å². The lowest BCUT2D eigenvalue weighted by molar-refractivity contribution is 0.0927. The lowest BCUT2D eigenvalue weighted by atomic mass is 9.99. The van der Waals surface area contributed by atoms with Gasteiger partial charge in [-0.15, -0.1) is 0 Å². The van der Waals surface area contributed by atoms with Crippen molar-refractivity contribution in [3.05, 3.63) is 33.4 Å². The third-order valence-electron chi connectivity index (χ3n) is 3.55. The number of carbonyl (C=O) groups is 1. The standard InChI is InChI=1S/C14H18INO/c1-10(11-5-2-3-6-11)16-14(17)12-7-4-8-13(15)9-12/h4,7-11H,2-3,5-6H2,1H3,(H,16,17). The molecule has 17 heavy (non-hydrogen) atoms. The van der Waals surface area contributed by atoms with Gasteiger partial charge in [0.05, 0.1) is 0 Å². The van der Waals surface area contributed by atoms with Crippen LogP contribution in [0.4, 0.5) is 0 Å². The number of rotatable bonds is 3. The molecule has 1 fully saturated rings. The lowest BCUT2D eigenvalue weighted by Crippen LogP contribution is -2.37. The molecule has 1 saturated carbocycles. The summed E-state index contributed by atoms with van der Waals surface area (Å²) in [5.74, 6) is 0.727. The fourth-order valence-corrected chi connectivity index (χ4v) is 3.04. The first-order valence-corrected chi connectivity index (χ1v) is 7.31. The van der Waals surface area contributed by atoms with E-state index in [0.29, 0.717) is 12.0 Å². The van der Waals surface area contributed by atoms with Crippen LogP contribution in [-0.2, 0) is 0 Å². The average Bonchev–Trinajstić information content (AvgIpc) is 2.82. The first kappa shape index (κ1) is 12.9. The van der Waals surface area contributed by atoms with Gasteiger partial charge in [-0.05, 0) is 66.5 Å². The Bertz CT molecular complexity index is 399. The zero-order valence-electron chi connectivity index (χ0n) is 10.1. The predicted molar refractivity (Wildman–Crippen MR) is 78.0 cm³/mol. The Morgan fingerprint density at radius 1 is 1.41 bits per heavy atom. The summed E-state index contributed by atoms with van der Waals surface area (Å²) in [6, 6.07) is 8.02. The molecule has 1 aromatic carbocycles. The largest absolute Gasteiger partial charge is 0.349 e. The van der Waals surface area contributed by atoms with Gasteiger partial charge in [-0.1, -0.05) is 18.9 Å². The molecule has 1 unspecified atom stereocenters. The second-order valence-corrected chi connectivity index (χ2v) is 6.06. The van der Waals surface area contributed by atoms with Crippen molar-refractivity contribution in [3.8, 4) is 0 Å². The monoisotopic (exact) mass is 343 g/mol. The minimum absolute atomic E-state index is 0.0583. The molecule has 0 radical (unpaired) electrons. The Hall–Kier alpha value is -0.580. The van der Waals surface area contributed by atoms with Crippen LogP contribution in [0.1, 0.15) is 43.0 Å². The van der Waals surface area contributed by atoms with Crippen LogP contribution in [-0.4, -0.2) is 11.9 Å². The Morgan fingerprint density at radius 3 is 2.76 bits per heavy atom. The van der Waals surface area contributed by atoms with Gasteiger partial charge in [-0.25, -0.2) is 0 Å². The van der Waals surface area contributed by atoms with Crippen LogP contribution in [0.5, 0.6) is 0 Å². The second-order valence-electron chi connectivity index (χ2n) is 4.82. The minimum atomic E-state index is 0.0583. The molecular weight excluding hydrogens is 325 g/mol. The zero-order chi connectivity index (χ0) is 12.3. The summed E-state index contributed by atoms with van der Waals surface area (Å²) < 4.78 is 1.10. The van der Waals surface area contributed by atoms with Crippen LogP contribution in [0.2, 0.25) is 0 Å². The van der Waals surface area contributed by atoms with Gasteiger partial charge >= 0.3 is 0 Å². The number of halogens is 1. The Morgan fingerprint density at radius 2 is 2.12 bits per heavy atom. The summed E-state index contributed by atoms with van der Waals surface area (Å²) in [7, 11) is 0. The van der Waals surface area contributed by atoms with Crippen LogP contribution in [0, 0.1) is 9.49 Å². The van der Waals surface area contributed by atoms with Gasteiger partial charge in [-0.3, -0.25) is 4.79 Å². The van der Waals surface area contributed by atoms with Gasteiger partial charge < -0.3 is 5.32 Å². The van der Waals surface area contributed by atoms with Gasteiger partial charge in [0, 0.05) is 15.2 Å². The highest BCUT2D eigenvalue weighted by atomic mass is 127. The quantitative estimate of drug-likeness (QED) is 0.835. The molecular formula is C14H18INO. The van der Waals surface area contributed by atoms with Crippen molar-refractivity contribution in [1.82, 2.24) is 5.32 Å². The first-order chi connectivity index (χ1) is 8.16. The van der Waals surface area contributed by atoms with Crippen molar-refractivity contribution >= 4 is 28.5 Å². The number of benzene rings is 1. The van der Waals surface area contributed by atoms with Crippen molar-refractivity contribution in [1.29, 1.82) is 0 Å². The van der Waals surface area contributed by atoms with Crippen molar-refractivity contribution in [2.75, 3.05) is 0 Å². The van der Waals surface area contributed by atoms with Gasteiger partial charge in [0.25, 0.3) is 5.91 Å². The normalized spacial score (nSPS) is 18.0. The second kappa shape index (κ2) is 5.85. The van der Waals surface area contributed by atoms with Crippen LogP contribution in [0.3, 0.4) is 0 Å². The van der Waals surface area contributed by atoms with Gasteiger partial charge in [0.1, 0.15) is 0 Å². The molecule has 1 atom stereocenters. The van der Waals surface area contributed by atoms with E-state index in [-0.39, 0.29) is 5.91 Å². The molecule has 1 aliphatic carbocycles. The Kier molecular flexibility index (Phi) is 4.42. The smallest absolute Gasteiger partial charge is 0.251 e. The van der Waals surface area contributed by atoms with Gasteiger partial charge in [0.15, 0.2) is 0 Å². The number of amides is 1. The van der Waals surface area contributed by atoms with E-state index in [0.717, 1.165) is 9.13 Å². The molecule has 1 amide bonds. The number of nitrogens with one attached hydrogen (secondary N) is 1. The highest BCUT2D eigenvalue weighted by molar-refractivity contribution is 14.1. The highest BCUT2D eigenvalue weighted by Crippen LogP contribution is 2.27. The summed E-state index contributed by atoms with van der Waals surface area (Å²) in [6.07, 6.45) is 5.14. The number of carbonyl (C=O) groups excluding carboxylic acids is 1. The number of hydrogen-bond acceptors (Lipinski definition) is 1. The van der Waals surface area contributed by atoms with E-state index in [1.165, 1.54) is 25.7 Å². The summed E-state index contributed by atoms with van der Waals surface area (Å²) in [4.78, 5) is 12.0. The molecule has 1 aromatic rings. The molecule has 0 aromatic heterocycles. The van der Waals surface area contributed by atoms with Gasteiger partial charge in [0.2, 0.25) is 0 Å². The van der Waals surface area contributed by atoms with Crippen LogP contribution >= 0.6 is 22.6 Å². The summed E-state index contributed by atoms with van der Waals surface area (Å²) >= 11 is 2.23. The first-order valence-electron chi connectivity index (χ1n) is 6.23. The molecule has 1 aliphatic rings. The predicted octanol–water partition coefficient (Wildman–Crippen LogP) is 3.60. The maximum Gasteiger partial charge on any atom is 0.251 e. The molecule has 1 N–H and O–H groups in total. The topological polar surface area (TPSA) is 29.1 Å². The SMILES string of the molecule is CC(NC(=O)c1cccc(I)c1)C1CCCC1. The molecule has 2 rings (SSSR count). The average molecular weight is 343 g/mol. The van der Waals surface area contributed by atoms with Gasteiger partial charge in [-0.2, -0.15) is 0 Å². The maximum atomic E-state index is 12.0. The van der Waals surface area contributed by atoms with Crippen LogP contribution in [0.15, 0.2) is 24.3 Å².